The Hall–Kier alpha value is -2.95. The average molecular weight is 482 g/mol. The highest BCUT2D eigenvalue weighted by Crippen LogP contribution is 2.37. The molecule has 36 heavy (non-hydrogen) atoms. The van der Waals surface area contributed by atoms with Gasteiger partial charge in [-0.25, -0.2) is 0 Å². The molecule has 188 valence electrons. The van der Waals surface area contributed by atoms with Crippen molar-refractivity contribution in [2.45, 2.75) is 43.6 Å². The number of carbonyl (C=O) groups is 1. The molecule has 1 N–H and O–H groups in total. The van der Waals surface area contributed by atoms with E-state index < -0.39 is 0 Å². The van der Waals surface area contributed by atoms with Crippen LogP contribution >= 0.6 is 0 Å². The summed E-state index contributed by atoms with van der Waals surface area (Å²) in [7, 11) is 0. The van der Waals surface area contributed by atoms with Crippen LogP contribution in [0.5, 0.6) is 0 Å². The number of nitrogens with zero attached hydrogens (tertiary/aromatic N) is 2. The Bertz CT molecular complexity index is 1030. The lowest BCUT2D eigenvalue weighted by atomic mass is 9.72. The zero-order chi connectivity index (χ0) is 24.6. The van der Waals surface area contributed by atoms with Crippen LogP contribution in [0.4, 0.5) is 0 Å². The molecule has 3 aromatic rings. The number of hydrogen-bond donors (Lipinski definition) is 1. The molecular weight excluding hydrogens is 442 g/mol. The summed E-state index contributed by atoms with van der Waals surface area (Å²) in [5, 5.41) is 3.57. The Morgan fingerprint density at radius 1 is 0.722 bits per heavy atom. The van der Waals surface area contributed by atoms with Gasteiger partial charge in [0.05, 0.1) is 12.6 Å². The van der Waals surface area contributed by atoms with Crippen molar-refractivity contribution >= 4 is 5.91 Å². The smallest absolute Gasteiger partial charge is 0.236 e. The minimum atomic E-state index is 0.00338. The van der Waals surface area contributed by atoms with Crippen LogP contribution < -0.4 is 5.32 Å². The summed E-state index contributed by atoms with van der Waals surface area (Å²) >= 11 is 0. The van der Waals surface area contributed by atoms with E-state index in [0.717, 1.165) is 32.5 Å². The third-order valence-corrected chi connectivity index (χ3v) is 8.16. The lowest BCUT2D eigenvalue weighted by molar-refractivity contribution is -0.132. The molecule has 2 aliphatic heterocycles. The van der Waals surface area contributed by atoms with Crippen LogP contribution in [-0.2, 0) is 10.2 Å². The van der Waals surface area contributed by atoms with E-state index in [1.54, 1.807) is 0 Å². The van der Waals surface area contributed by atoms with Crippen LogP contribution in [0.2, 0.25) is 0 Å². The number of likely N-dealkylation sites (tertiary alicyclic amines) is 2. The number of rotatable bonds is 8. The maximum atomic E-state index is 13.4. The Morgan fingerprint density at radius 3 is 1.81 bits per heavy atom. The van der Waals surface area contributed by atoms with Gasteiger partial charge in [0, 0.05) is 25.0 Å². The van der Waals surface area contributed by atoms with Gasteiger partial charge in [-0.15, -0.1) is 0 Å². The first kappa shape index (κ1) is 24.7. The quantitative estimate of drug-likeness (QED) is 0.467. The van der Waals surface area contributed by atoms with Gasteiger partial charge in [0.25, 0.3) is 0 Å². The van der Waals surface area contributed by atoms with E-state index >= 15 is 0 Å². The zero-order valence-electron chi connectivity index (χ0n) is 21.3. The van der Waals surface area contributed by atoms with Gasteiger partial charge in [0.15, 0.2) is 0 Å². The van der Waals surface area contributed by atoms with E-state index in [-0.39, 0.29) is 17.4 Å². The topological polar surface area (TPSA) is 35.6 Å². The molecule has 0 aliphatic carbocycles. The highest BCUT2D eigenvalue weighted by molar-refractivity contribution is 5.78. The second-order valence-electron chi connectivity index (χ2n) is 10.5. The molecule has 2 aliphatic rings. The maximum Gasteiger partial charge on any atom is 0.236 e. The van der Waals surface area contributed by atoms with Crippen LogP contribution in [0.3, 0.4) is 0 Å². The lowest BCUT2D eigenvalue weighted by Gasteiger charge is -2.45. The highest BCUT2D eigenvalue weighted by atomic mass is 16.2. The van der Waals surface area contributed by atoms with E-state index in [9.17, 15) is 4.79 Å². The first-order valence-corrected chi connectivity index (χ1v) is 13.6. The summed E-state index contributed by atoms with van der Waals surface area (Å²) in [5.74, 6) is 0.200. The van der Waals surface area contributed by atoms with Crippen molar-refractivity contribution in [1.29, 1.82) is 0 Å². The van der Waals surface area contributed by atoms with Gasteiger partial charge in [-0.05, 0) is 55.5 Å². The van der Waals surface area contributed by atoms with Crippen molar-refractivity contribution in [3.8, 4) is 0 Å². The average Bonchev–Trinajstić information content (AvgIpc) is 2.96. The summed E-state index contributed by atoms with van der Waals surface area (Å²) in [6.45, 7) is 5.53. The minimum absolute atomic E-state index is 0.00338. The molecule has 4 heteroatoms. The SMILES string of the molecule is O=C(CNC(c1ccccc1)c1ccccc1)N1CCC(CN2CCCCC2)(c2ccccc2)CC1. The molecule has 5 rings (SSSR count). The fourth-order valence-corrected chi connectivity index (χ4v) is 6.08. The summed E-state index contributed by atoms with van der Waals surface area (Å²) in [6, 6.07) is 31.9. The van der Waals surface area contributed by atoms with Crippen LogP contribution in [-0.4, -0.2) is 55.0 Å². The van der Waals surface area contributed by atoms with Gasteiger partial charge in [-0.3, -0.25) is 10.1 Å². The van der Waals surface area contributed by atoms with E-state index in [0.29, 0.717) is 6.54 Å². The summed E-state index contributed by atoms with van der Waals surface area (Å²) < 4.78 is 0. The van der Waals surface area contributed by atoms with Crippen molar-refractivity contribution in [2.24, 2.45) is 0 Å². The standard InChI is InChI=1S/C32H39N3O/c36-30(25-33-31(27-13-5-1-6-14-27)28-15-7-2-8-16-28)35-23-19-32(20-24-35,29-17-9-3-10-18-29)26-34-21-11-4-12-22-34/h1-3,5-10,13-18,31,33H,4,11-12,19-26H2. The van der Waals surface area contributed by atoms with Crippen molar-refractivity contribution in [3.05, 3.63) is 108 Å². The van der Waals surface area contributed by atoms with E-state index in [4.69, 9.17) is 0 Å². The third-order valence-electron chi connectivity index (χ3n) is 8.16. The number of nitrogens with one attached hydrogen (secondary N) is 1. The largest absolute Gasteiger partial charge is 0.342 e. The van der Waals surface area contributed by atoms with Gasteiger partial charge in [-0.1, -0.05) is 97.4 Å². The number of piperidine rings is 2. The number of hydrogen-bond acceptors (Lipinski definition) is 3. The predicted molar refractivity (Wildman–Crippen MR) is 147 cm³/mol. The molecule has 0 aromatic heterocycles. The zero-order valence-corrected chi connectivity index (χ0v) is 21.3. The Morgan fingerprint density at radius 2 is 1.25 bits per heavy atom. The number of benzene rings is 3. The van der Waals surface area contributed by atoms with E-state index in [1.165, 1.54) is 49.0 Å². The van der Waals surface area contributed by atoms with E-state index in [1.807, 2.05) is 12.1 Å². The molecule has 2 heterocycles. The molecule has 2 fully saturated rings. The fourth-order valence-electron chi connectivity index (χ4n) is 6.08. The number of amides is 1. The van der Waals surface area contributed by atoms with Gasteiger partial charge in [0.2, 0.25) is 5.91 Å². The van der Waals surface area contributed by atoms with Crippen molar-refractivity contribution < 1.29 is 4.79 Å². The summed E-state index contributed by atoms with van der Waals surface area (Å²) in [6.07, 6.45) is 6.04. The lowest BCUT2D eigenvalue weighted by Crippen LogP contribution is -2.52. The summed E-state index contributed by atoms with van der Waals surface area (Å²) in [5.41, 5.74) is 3.94. The highest BCUT2D eigenvalue weighted by Gasteiger charge is 2.39. The normalized spacial score (nSPS) is 18.3. The van der Waals surface area contributed by atoms with Crippen molar-refractivity contribution in [1.82, 2.24) is 15.1 Å². The monoisotopic (exact) mass is 481 g/mol. The molecular formula is C32H39N3O. The number of carbonyl (C=O) groups excluding carboxylic acids is 1. The molecule has 0 spiro atoms. The molecule has 0 bridgehead atoms. The van der Waals surface area contributed by atoms with E-state index in [2.05, 4.69) is 94.0 Å². The summed E-state index contributed by atoms with van der Waals surface area (Å²) in [4.78, 5) is 18.1. The maximum absolute atomic E-state index is 13.4. The second-order valence-corrected chi connectivity index (χ2v) is 10.5. The second kappa shape index (κ2) is 11.9. The van der Waals surface area contributed by atoms with Crippen LogP contribution in [0, 0.1) is 0 Å². The van der Waals surface area contributed by atoms with Gasteiger partial charge in [-0.2, -0.15) is 0 Å². The molecule has 0 atom stereocenters. The van der Waals surface area contributed by atoms with Gasteiger partial charge < -0.3 is 9.80 Å². The molecule has 0 saturated carbocycles. The van der Waals surface area contributed by atoms with Crippen molar-refractivity contribution in [3.63, 3.8) is 0 Å². The molecule has 2 saturated heterocycles. The molecule has 4 nitrogen and oxygen atoms in total. The molecule has 0 radical (unpaired) electrons. The first-order valence-electron chi connectivity index (χ1n) is 13.6. The molecule has 3 aromatic carbocycles. The van der Waals surface area contributed by atoms with Crippen LogP contribution in [0.15, 0.2) is 91.0 Å². The fraction of sp³-hybridized carbons (Fsp3) is 0.406. The first-order chi connectivity index (χ1) is 17.7. The van der Waals surface area contributed by atoms with Gasteiger partial charge in [0.1, 0.15) is 0 Å². The van der Waals surface area contributed by atoms with Crippen LogP contribution in [0.1, 0.15) is 54.8 Å². The molecule has 0 unspecified atom stereocenters. The Kier molecular flexibility index (Phi) is 8.15. The van der Waals surface area contributed by atoms with Crippen LogP contribution in [0.25, 0.3) is 0 Å². The van der Waals surface area contributed by atoms with Gasteiger partial charge >= 0.3 is 0 Å². The Labute approximate surface area is 216 Å². The third kappa shape index (κ3) is 5.88. The predicted octanol–water partition coefficient (Wildman–Crippen LogP) is 5.41. The minimum Gasteiger partial charge on any atom is -0.342 e. The molecule has 1 amide bonds. The Balaban J connectivity index is 1.24. The van der Waals surface area contributed by atoms with Crippen molar-refractivity contribution in [2.75, 3.05) is 39.3 Å².